The molecule has 0 unspecified atom stereocenters. The standard InChI is InChI=1S/C30H34N2S/c1-4-5-6-7-8-12-23-13-11-16-28(30-31-21-22-33-30)26(23)19-17-24-18-20-29(32(2)3)27-15-10-9-14-25(24)27/h9-11,13-22H,4-8,12H2,1-3H3/b19-17+. The molecule has 2 nitrogen and oxygen atoms in total. The van der Waals surface area contributed by atoms with Crippen LogP contribution in [0.4, 0.5) is 5.69 Å². The van der Waals surface area contributed by atoms with Crippen molar-refractivity contribution in [3.63, 3.8) is 0 Å². The summed E-state index contributed by atoms with van der Waals surface area (Å²) in [6, 6.07) is 19.9. The minimum absolute atomic E-state index is 1.09. The third-order valence-corrected chi connectivity index (χ3v) is 7.06. The maximum Gasteiger partial charge on any atom is 0.123 e. The lowest BCUT2D eigenvalue weighted by atomic mass is 9.95. The first-order valence-electron chi connectivity index (χ1n) is 12.1. The lowest BCUT2D eigenvalue weighted by Gasteiger charge is -2.17. The van der Waals surface area contributed by atoms with Gasteiger partial charge in [-0.2, -0.15) is 0 Å². The first kappa shape index (κ1) is 23.3. The Hall–Kier alpha value is -2.91. The Balaban J connectivity index is 1.71. The van der Waals surface area contributed by atoms with E-state index in [4.69, 9.17) is 0 Å². The van der Waals surface area contributed by atoms with Gasteiger partial charge in [-0.05, 0) is 41.0 Å². The Bertz CT molecular complexity index is 1210. The van der Waals surface area contributed by atoms with Gasteiger partial charge >= 0.3 is 0 Å². The normalized spacial score (nSPS) is 11.5. The van der Waals surface area contributed by atoms with Gasteiger partial charge in [-0.25, -0.2) is 4.98 Å². The minimum atomic E-state index is 1.09. The van der Waals surface area contributed by atoms with Gasteiger partial charge in [-0.3, -0.25) is 0 Å². The van der Waals surface area contributed by atoms with Gasteiger partial charge in [0.25, 0.3) is 0 Å². The number of thiazole rings is 1. The van der Waals surface area contributed by atoms with Crippen molar-refractivity contribution in [2.45, 2.75) is 45.4 Å². The molecule has 0 radical (unpaired) electrons. The lowest BCUT2D eigenvalue weighted by molar-refractivity contribution is 0.632. The minimum Gasteiger partial charge on any atom is -0.377 e. The molecule has 170 valence electrons. The van der Waals surface area contributed by atoms with Gasteiger partial charge in [-0.15, -0.1) is 11.3 Å². The average Bonchev–Trinajstić information content (AvgIpc) is 3.37. The SMILES string of the molecule is CCCCCCCc1cccc(-c2nccs2)c1/C=C/c1ccc(N(C)C)c2ccccc12. The van der Waals surface area contributed by atoms with Crippen LogP contribution in [0.3, 0.4) is 0 Å². The zero-order chi connectivity index (χ0) is 23.0. The van der Waals surface area contributed by atoms with Gasteiger partial charge < -0.3 is 4.90 Å². The van der Waals surface area contributed by atoms with E-state index in [0.717, 1.165) is 11.4 Å². The Labute approximate surface area is 202 Å². The number of hydrogen-bond donors (Lipinski definition) is 0. The van der Waals surface area contributed by atoms with E-state index in [1.165, 1.54) is 70.8 Å². The molecule has 0 aliphatic carbocycles. The molecule has 0 amide bonds. The van der Waals surface area contributed by atoms with Crippen LogP contribution < -0.4 is 4.90 Å². The second-order valence-corrected chi connectivity index (χ2v) is 9.72. The number of rotatable bonds is 10. The molecule has 0 fully saturated rings. The zero-order valence-electron chi connectivity index (χ0n) is 20.1. The largest absolute Gasteiger partial charge is 0.377 e. The fourth-order valence-electron chi connectivity index (χ4n) is 4.50. The summed E-state index contributed by atoms with van der Waals surface area (Å²) in [5.41, 5.74) is 6.47. The highest BCUT2D eigenvalue weighted by Gasteiger charge is 2.11. The quantitative estimate of drug-likeness (QED) is 0.176. The van der Waals surface area contributed by atoms with Crippen LogP contribution in [0.15, 0.2) is 66.2 Å². The van der Waals surface area contributed by atoms with E-state index in [2.05, 4.69) is 103 Å². The van der Waals surface area contributed by atoms with Crippen LogP contribution in [0.25, 0.3) is 33.5 Å². The van der Waals surface area contributed by atoms with Crippen LogP contribution in [0.2, 0.25) is 0 Å². The number of nitrogens with zero attached hydrogens (tertiary/aromatic N) is 2. The van der Waals surface area contributed by atoms with E-state index >= 15 is 0 Å². The predicted molar refractivity (Wildman–Crippen MR) is 147 cm³/mol. The Morgan fingerprint density at radius 2 is 1.67 bits per heavy atom. The molecule has 1 heterocycles. The molecule has 0 saturated heterocycles. The van der Waals surface area contributed by atoms with Crippen molar-refractivity contribution >= 4 is 39.9 Å². The van der Waals surface area contributed by atoms with Gasteiger partial charge in [-0.1, -0.05) is 93.3 Å². The smallest absolute Gasteiger partial charge is 0.123 e. The first-order chi connectivity index (χ1) is 16.2. The van der Waals surface area contributed by atoms with Gasteiger partial charge in [0.15, 0.2) is 0 Å². The molecule has 33 heavy (non-hydrogen) atoms. The van der Waals surface area contributed by atoms with Crippen molar-refractivity contribution in [3.05, 3.63) is 82.9 Å². The van der Waals surface area contributed by atoms with Crippen molar-refractivity contribution < 1.29 is 0 Å². The Kier molecular flexibility index (Phi) is 7.96. The van der Waals surface area contributed by atoms with Crippen molar-refractivity contribution in [2.75, 3.05) is 19.0 Å². The molecule has 3 aromatic carbocycles. The van der Waals surface area contributed by atoms with Crippen LogP contribution in [0.1, 0.15) is 55.7 Å². The van der Waals surface area contributed by atoms with Crippen LogP contribution in [-0.2, 0) is 6.42 Å². The van der Waals surface area contributed by atoms with E-state index < -0.39 is 0 Å². The molecule has 3 heteroatoms. The Morgan fingerprint density at radius 1 is 0.848 bits per heavy atom. The highest BCUT2D eigenvalue weighted by atomic mass is 32.1. The second-order valence-electron chi connectivity index (χ2n) is 8.83. The molecule has 1 aromatic heterocycles. The molecular formula is C30H34N2S. The number of aryl methyl sites for hydroxylation is 1. The molecule has 4 rings (SSSR count). The van der Waals surface area contributed by atoms with Crippen LogP contribution in [0.5, 0.6) is 0 Å². The summed E-state index contributed by atoms with van der Waals surface area (Å²) >= 11 is 1.71. The molecule has 0 N–H and O–H groups in total. The zero-order valence-corrected chi connectivity index (χ0v) is 20.9. The number of hydrogen-bond acceptors (Lipinski definition) is 3. The van der Waals surface area contributed by atoms with Gasteiger partial charge in [0, 0.05) is 42.3 Å². The maximum absolute atomic E-state index is 4.62. The van der Waals surface area contributed by atoms with Crippen molar-refractivity contribution in [2.24, 2.45) is 0 Å². The van der Waals surface area contributed by atoms with Crippen LogP contribution >= 0.6 is 11.3 Å². The van der Waals surface area contributed by atoms with E-state index in [9.17, 15) is 0 Å². The van der Waals surface area contributed by atoms with Gasteiger partial charge in [0.2, 0.25) is 0 Å². The molecule has 0 spiro atoms. The van der Waals surface area contributed by atoms with Gasteiger partial charge in [0.05, 0.1) is 0 Å². The number of anilines is 1. The number of benzene rings is 3. The summed E-state index contributed by atoms with van der Waals surface area (Å²) in [5, 5.41) is 5.73. The van der Waals surface area contributed by atoms with E-state index in [0.29, 0.717) is 0 Å². The average molecular weight is 455 g/mol. The summed E-state index contributed by atoms with van der Waals surface area (Å²) in [4.78, 5) is 6.81. The summed E-state index contributed by atoms with van der Waals surface area (Å²) < 4.78 is 0. The number of fused-ring (bicyclic) bond motifs is 1. The summed E-state index contributed by atoms with van der Waals surface area (Å²) in [7, 11) is 4.21. The summed E-state index contributed by atoms with van der Waals surface area (Å²) in [5.74, 6) is 0. The molecule has 0 aliphatic heterocycles. The maximum atomic E-state index is 4.62. The molecule has 0 bridgehead atoms. The van der Waals surface area contributed by atoms with Crippen molar-refractivity contribution in [3.8, 4) is 10.6 Å². The van der Waals surface area contributed by atoms with E-state index in [-0.39, 0.29) is 0 Å². The number of aromatic nitrogens is 1. The number of unbranched alkanes of at least 4 members (excludes halogenated alkanes) is 4. The summed E-state index contributed by atoms with van der Waals surface area (Å²) in [6.07, 6.45) is 14.1. The Morgan fingerprint density at radius 3 is 2.42 bits per heavy atom. The topological polar surface area (TPSA) is 16.1 Å². The van der Waals surface area contributed by atoms with E-state index in [1.54, 1.807) is 11.3 Å². The fourth-order valence-corrected chi connectivity index (χ4v) is 5.18. The third-order valence-electron chi connectivity index (χ3n) is 6.25. The second kappa shape index (κ2) is 11.3. The van der Waals surface area contributed by atoms with Crippen LogP contribution in [-0.4, -0.2) is 19.1 Å². The van der Waals surface area contributed by atoms with Crippen molar-refractivity contribution in [1.82, 2.24) is 4.98 Å². The fraction of sp³-hybridized carbons (Fsp3) is 0.300. The molecular weight excluding hydrogens is 420 g/mol. The van der Waals surface area contributed by atoms with E-state index in [1.807, 2.05) is 6.20 Å². The molecule has 0 saturated carbocycles. The van der Waals surface area contributed by atoms with Gasteiger partial charge in [0.1, 0.15) is 5.01 Å². The van der Waals surface area contributed by atoms with Crippen LogP contribution in [0, 0.1) is 0 Å². The first-order valence-corrected chi connectivity index (χ1v) is 13.0. The summed E-state index contributed by atoms with van der Waals surface area (Å²) in [6.45, 7) is 2.27. The highest BCUT2D eigenvalue weighted by molar-refractivity contribution is 7.13. The molecule has 0 atom stereocenters. The highest BCUT2D eigenvalue weighted by Crippen LogP contribution is 2.33. The lowest BCUT2D eigenvalue weighted by Crippen LogP contribution is -2.09. The third kappa shape index (κ3) is 5.54. The molecule has 4 aromatic rings. The van der Waals surface area contributed by atoms with Crippen molar-refractivity contribution in [1.29, 1.82) is 0 Å². The molecule has 0 aliphatic rings. The monoisotopic (exact) mass is 454 g/mol. The predicted octanol–water partition coefficient (Wildman–Crippen LogP) is 8.71.